The molecule has 0 aromatic heterocycles. The van der Waals surface area contributed by atoms with E-state index >= 15 is 0 Å². The average molecular weight is 277 g/mol. The normalized spacial score (nSPS) is 17.6. The molecule has 0 amide bonds. The second kappa shape index (κ2) is 5.44. The quantitative estimate of drug-likeness (QED) is 0.899. The number of ether oxygens (including phenoxy) is 1. The summed E-state index contributed by atoms with van der Waals surface area (Å²) in [5.41, 5.74) is 1.61. The highest BCUT2D eigenvalue weighted by Crippen LogP contribution is 2.41. The van der Waals surface area contributed by atoms with E-state index in [0.29, 0.717) is 13.1 Å². The van der Waals surface area contributed by atoms with Gasteiger partial charge in [0.05, 0.1) is 0 Å². The minimum atomic E-state index is -0.824. The number of rotatable bonds is 5. The third kappa shape index (κ3) is 2.66. The Morgan fingerprint density at radius 3 is 2.60 bits per heavy atom. The molecule has 0 spiro atoms. The van der Waals surface area contributed by atoms with Crippen molar-refractivity contribution in [1.82, 2.24) is 4.90 Å². The van der Waals surface area contributed by atoms with Gasteiger partial charge < -0.3 is 9.84 Å². The van der Waals surface area contributed by atoms with E-state index in [1.54, 1.807) is 0 Å². The molecule has 4 nitrogen and oxygen atoms in total. The largest absolute Gasteiger partial charge is 0.487 e. The molecule has 1 aliphatic heterocycles. The van der Waals surface area contributed by atoms with Crippen LogP contribution in [0.2, 0.25) is 0 Å². The summed E-state index contributed by atoms with van der Waals surface area (Å²) < 4.78 is 6.01. The fraction of sp³-hybridized carbons (Fsp3) is 0.562. The maximum atomic E-state index is 11.7. The molecule has 1 unspecified atom stereocenters. The standard InChI is InChI=1S/C16H23NO3/c1-5-17(6-2)13(15(18)19)12-9-7-8-11-10-16(3,4)20-14(11)12/h7-9,13H,5-6,10H2,1-4H3,(H,18,19). The number of nitrogens with zero attached hydrogens (tertiary/aromatic N) is 1. The average Bonchev–Trinajstić information content (AvgIpc) is 2.69. The van der Waals surface area contributed by atoms with E-state index in [4.69, 9.17) is 4.74 Å². The lowest BCUT2D eigenvalue weighted by Crippen LogP contribution is -2.34. The molecule has 110 valence electrons. The fourth-order valence-electron chi connectivity index (χ4n) is 2.93. The van der Waals surface area contributed by atoms with Crippen LogP contribution in [-0.4, -0.2) is 34.7 Å². The highest BCUT2D eigenvalue weighted by Gasteiger charge is 2.36. The van der Waals surface area contributed by atoms with E-state index in [-0.39, 0.29) is 5.60 Å². The molecule has 1 N–H and O–H groups in total. The lowest BCUT2D eigenvalue weighted by molar-refractivity contribution is -0.143. The summed E-state index contributed by atoms with van der Waals surface area (Å²) in [6, 6.07) is 5.18. The number of likely N-dealkylation sites (N-methyl/N-ethyl adjacent to an activating group) is 1. The van der Waals surface area contributed by atoms with Crippen LogP contribution in [0.25, 0.3) is 0 Å². The molecule has 0 saturated heterocycles. The fourth-order valence-corrected chi connectivity index (χ4v) is 2.93. The molecular formula is C16H23NO3. The van der Waals surface area contributed by atoms with Crippen LogP contribution in [0.4, 0.5) is 0 Å². The summed E-state index contributed by atoms with van der Waals surface area (Å²) in [6.45, 7) is 9.41. The number of hydrogen-bond donors (Lipinski definition) is 1. The molecule has 0 radical (unpaired) electrons. The van der Waals surface area contributed by atoms with Crippen molar-refractivity contribution in [1.29, 1.82) is 0 Å². The van der Waals surface area contributed by atoms with Crippen LogP contribution >= 0.6 is 0 Å². The van der Waals surface area contributed by atoms with E-state index in [1.807, 2.05) is 50.8 Å². The van der Waals surface area contributed by atoms with Crippen molar-refractivity contribution in [3.8, 4) is 5.75 Å². The number of fused-ring (bicyclic) bond motifs is 1. The molecule has 2 rings (SSSR count). The van der Waals surface area contributed by atoms with Gasteiger partial charge in [0.25, 0.3) is 0 Å². The Morgan fingerprint density at radius 1 is 1.40 bits per heavy atom. The molecule has 4 heteroatoms. The molecule has 1 aromatic rings. The smallest absolute Gasteiger partial charge is 0.325 e. The van der Waals surface area contributed by atoms with Gasteiger partial charge in [0.1, 0.15) is 17.4 Å². The zero-order valence-corrected chi connectivity index (χ0v) is 12.6. The minimum Gasteiger partial charge on any atom is -0.487 e. The lowest BCUT2D eigenvalue weighted by atomic mass is 9.97. The van der Waals surface area contributed by atoms with Gasteiger partial charge in [0.15, 0.2) is 0 Å². The molecule has 0 aliphatic carbocycles. The number of para-hydroxylation sites is 1. The molecule has 1 aromatic carbocycles. The van der Waals surface area contributed by atoms with E-state index in [0.717, 1.165) is 23.3 Å². The zero-order chi connectivity index (χ0) is 14.9. The van der Waals surface area contributed by atoms with E-state index in [1.165, 1.54) is 0 Å². The van der Waals surface area contributed by atoms with Crippen molar-refractivity contribution in [2.24, 2.45) is 0 Å². The van der Waals surface area contributed by atoms with Crippen molar-refractivity contribution in [3.05, 3.63) is 29.3 Å². The maximum absolute atomic E-state index is 11.7. The van der Waals surface area contributed by atoms with E-state index in [2.05, 4.69) is 0 Å². The summed E-state index contributed by atoms with van der Waals surface area (Å²) in [4.78, 5) is 13.7. The second-order valence-electron chi connectivity index (χ2n) is 5.84. The number of carbonyl (C=O) groups is 1. The molecule has 0 saturated carbocycles. The predicted molar refractivity (Wildman–Crippen MR) is 78.2 cm³/mol. The molecule has 1 aliphatic rings. The van der Waals surface area contributed by atoms with E-state index < -0.39 is 12.0 Å². The Kier molecular flexibility index (Phi) is 4.04. The Morgan fingerprint density at radius 2 is 2.05 bits per heavy atom. The number of hydrogen-bond acceptors (Lipinski definition) is 3. The number of aliphatic carboxylic acids is 1. The first-order chi connectivity index (χ1) is 9.39. The lowest BCUT2D eigenvalue weighted by Gasteiger charge is -2.28. The van der Waals surface area contributed by atoms with Gasteiger partial charge >= 0.3 is 5.97 Å². The van der Waals surface area contributed by atoms with Crippen LogP contribution in [0, 0.1) is 0 Å². The summed E-state index contributed by atoms with van der Waals surface area (Å²) in [7, 11) is 0. The van der Waals surface area contributed by atoms with Crippen LogP contribution in [0.5, 0.6) is 5.75 Å². The summed E-state index contributed by atoms with van der Waals surface area (Å²) in [5, 5.41) is 9.62. The topological polar surface area (TPSA) is 49.8 Å². The highest BCUT2D eigenvalue weighted by atomic mass is 16.5. The summed E-state index contributed by atoms with van der Waals surface area (Å²) in [6.07, 6.45) is 0.820. The molecule has 1 atom stereocenters. The Balaban J connectivity index is 2.47. The zero-order valence-electron chi connectivity index (χ0n) is 12.6. The SMILES string of the molecule is CCN(CC)C(C(=O)O)c1cccc2c1OC(C)(C)C2. The Labute approximate surface area is 120 Å². The molecule has 0 fully saturated rings. The Bertz CT molecular complexity index is 506. The summed E-state index contributed by atoms with van der Waals surface area (Å²) in [5.74, 6) is -0.0628. The van der Waals surface area contributed by atoms with Crippen molar-refractivity contribution >= 4 is 5.97 Å². The first kappa shape index (κ1) is 14.9. The van der Waals surface area contributed by atoms with Gasteiger partial charge in [-0.15, -0.1) is 0 Å². The van der Waals surface area contributed by atoms with Crippen LogP contribution in [-0.2, 0) is 11.2 Å². The van der Waals surface area contributed by atoms with Crippen molar-refractivity contribution in [2.45, 2.75) is 45.8 Å². The van der Waals surface area contributed by atoms with Gasteiger partial charge in [-0.2, -0.15) is 0 Å². The van der Waals surface area contributed by atoms with Gasteiger partial charge in [0.2, 0.25) is 0 Å². The van der Waals surface area contributed by atoms with Crippen LogP contribution in [0.3, 0.4) is 0 Å². The first-order valence-corrected chi connectivity index (χ1v) is 7.17. The maximum Gasteiger partial charge on any atom is 0.325 e. The molecule has 20 heavy (non-hydrogen) atoms. The second-order valence-corrected chi connectivity index (χ2v) is 5.84. The van der Waals surface area contributed by atoms with E-state index in [9.17, 15) is 9.90 Å². The third-order valence-corrected chi connectivity index (χ3v) is 3.83. The van der Waals surface area contributed by atoms with Gasteiger partial charge in [-0.3, -0.25) is 9.69 Å². The van der Waals surface area contributed by atoms with Gasteiger partial charge in [-0.1, -0.05) is 32.0 Å². The highest BCUT2D eigenvalue weighted by molar-refractivity contribution is 5.77. The van der Waals surface area contributed by atoms with Crippen molar-refractivity contribution in [3.63, 3.8) is 0 Å². The van der Waals surface area contributed by atoms with Crippen molar-refractivity contribution < 1.29 is 14.6 Å². The summed E-state index contributed by atoms with van der Waals surface area (Å²) >= 11 is 0. The molecular weight excluding hydrogens is 254 g/mol. The predicted octanol–water partition coefficient (Wildman–Crippen LogP) is 2.87. The van der Waals surface area contributed by atoms with Crippen LogP contribution in [0.1, 0.15) is 44.9 Å². The molecule has 0 bridgehead atoms. The first-order valence-electron chi connectivity index (χ1n) is 7.17. The third-order valence-electron chi connectivity index (χ3n) is 3.83. The van der Waals surface area contributed by atoms with Crippen molar-refractivity contribution in [2.75, 3.05) is 13.1 Å². The monoisotopic (exact) mass is 277 g/mol. The van der Waals surface area contributed by atoms with Gasteiger partial charge in [0, 0.05) is 12.0 Å². The number of carboxylic acid groups (broad SMARTS) is 1. The van der Waals surface area contributed by atoms with Crippen LogP contribution < -0.4 is 4.74 Å². The molecule has 1 heterocycles. The minimum absolute atomic E-state index is 0.259. The number of benzene rings is 1. The van der Waals surface area contributed by atoms with Gasteiger partial charge in [-0.25, -0.2) is 0 Å². The van der Waals surface area contributed by atoms with Gasteiger partial charge in [-0.05, 0) is 32.5 Å². The number of carboxylic acids is 1. The van der Waals surface area contributed by atoms with Crippen LogP contribution in [0.15, 0.2) is 18.2 Å². The Hall–Kier alpha value is -1.55.